The second-order valence-electron chi connectivity index (χ2n) is 8.63. The van der Waals surface area contributed by atoms with Crippen molar-refractivity contribution >= 4 is 51.9 Å². The molecule has 31 heavy (non-hydrogen) atoms. The Hall–Kier alpha value is -3.09. The van der Waals surface area contributed by atoms with Gasteiger partial charge in [0.25, 0.3) is 11.7 Å². The molecule has 6 rings (SSSR count). The SMILES string of the molecule is Cc1cc2c3c(c1)-c1c(sn(-c4cccc5ccccc45)c1=S)C(C)(C)N3C(=O)C2=O. The van der Waals surface area contributed by atoms with Crippen LogP contribution in [-0.2, 0) is 10.3 Å². The lowest BCUT2D eigenvalue weighted by atomic mass is 9.87. The van der Waals surface area contributed by atoms with Gasteiger partial charge in [-0.2, -0.15) is 0 Å². The van der Waals surface area contributed by atoms with Gasteiger partial charge in [-0.1, -0.05) is 60.1 Å². The lowest BCUT2D eigenvalue weighted by Gasteiger charge is -2.39. The number of fused-ring (bicyclic) bond motifs is 3. The first-order valence-corrected chi connectivity index (χ1v) is 11.3. The summed E-state index contributed by atoms with van der Waals surface area (Å²) in [7, 11) is 0. The van der Waals surface area contributed by atoms with Crippen LogP contribution in [0.4, 0.5) is 5.69 Å². The maximum atomic E-state index is 13.0. The molecule has 152 valence electrons. The fourth-order valence-corrected chi connectivity index (χ4v) is 6.63. The number of aromatic nitrogens is 1. The number of anilines is 1. The van der Waals surface area contributed by atoms with Gasteiger partial charge in [-0.25, -0.2) is 0 Å². The Bertz CT molecular complexity index is 1540. The van der Waals surface area contributed by atoms with E-state index in [9.17, 15) is 9.59 Å². The number of nitrogens with zero attached hydrogens (tertiary/aromatic N) is 2. The number of amides is 1. The van der Waals surface area contributed by atoms with Crippen molar-refractivity contribution in [1.29, 1.82) is 0 Å². The van der Waals surface area contributed by atoms with E-state index in [2.05, 4.69) is 28.2 Å². The maximum Gasteiger partial charge on any atom is 0.300 e. The minimum Gasteiger partial charge on any atom is -0.294 e. The predicted molar refractivity (Wildman–Crippen MR) is 127 cm³/mol. The summed E-state index contributed by atoms with van der Waals surface area (Å²) in [6, 6.07) is 18.3. The molecule has 0 aliphatic carbocycles. The van der Waals surface area contributed by atoms with E-state index >= 15 is 0 Å². The van der Waals surface area contributed by atoms with E-state index in [-0.39, 0.29) is 0 Å². The van der Waals surface area contributed by atoms with E-state index in [1.165, 1.54) is 0 Å². The van der Waals surface area contributed by atoms with Gasteiger partial charge in [-0.15, -0.1) is 0 Å². The van der Waals surface area contributed by atoms with Crippen LogP contribution in [0.5, 0.6) is 0 Å². The highest BCUT2D eigenvalue weighted by Crippen LogP contribution is 2.55. The Morgan fingerprint density at radius 1 is 0.968 bits per heavy atom. The van der Waals surface area contributed by atoms with Crippen molar-refractivity contribution in [1.82, 2.24) is 3.96 Å². The number of carbonyl (C=O) groups is 2. The van der Waals surface area contributed by atoms with E-state index in [1.807, 2.05) is 51.1 Å². The first-order valence-electron chi connectivity index (χ1n) is 10.1. The van der Waals surface area contributed by atoms with Gasteiger partial charge in [-0.05, 0) is 49.9 Å². The molecule has 0 saturated carbocycles. The molecule has 3 heterocycles. The summed E-state index contributed by atoms with van der Waals surface area (Å²) in [4.78, 5) is 28.4. The van der Waals surface area contributed by atoms with Gasteiger partial charge in [0.05, 0.1) is 27.4 Å². The summed E-state index contributed by atoms with van der Waals surface area (Å²) >= 11 is 7.58. The Balaban J connectivity index is 1.73. The first-order chi connectivity index (χ1) is 14.8. The standard InChI is InChI=1S/C25H18N2O2S2/c1-13-11-16-19-22(25(2,3)26-20(16)17(12-13)21(28)23(26)29)31-27(24(19)30)18-10-6-8-14-7-4-5-9-15(14)18/h4-12H,1-3H3. The van der Waals surface area contributed by atoms with Crippen molar-refractivity contribution < 1.29 is 9.59 Å². The molecule has 0 unspecified atom stereocenters. The fourth-order valence-electron chi connectivity index (χ4n) is 4.91. The zero-order valence-corrected chi connectivity index (χ0v) is 18.9. The molecule has 0 radical (unpaired) electrons. The predicted octanol–water partition coefficient (Wildman–Crippen LogP) is 6.17. The third kappa shape index (κ3) is 2.26. The quantitative estimate of drug-likeness (QED) is 0.261. The zero-order chi connectivity index (χ0) is 21.7. The summed E-state index contributed by atoms with van der Waals surface area (Å²) in [6.45, 7) is 5.94. The van der Waals surface area contributed by atoms with E-state index in [1.54, 1.807) is 16.4 Å². The molecule has 0 fully saturated rings. The van der Waals surface area contributed by atoms with Crippen LogP contribution in [0.25, 0.3) is 27.6 Å². The van der Waals surface area contributed by atoms with Crippen LogP contribution in [-0.4, -0.2) is 15.6 Å². The minimum absolute atomic E-state index is 0.434. The van der Waals surface area contributed by atoms with Gasteiger partial charge < -0.3 is 0 Å². The second-order valence-corrected chi connectivity index (χ2v) is 9.97. The normalized spacial score (nSPS) is 16.0. The summed E-state index contributed by atoms with van der Waals surface area (Å²) in [5, 5.41) is 2.27. The van der Waals surface area contributed by atoms with Gasteiger partial charge in [-0.3, -0.25) is 18.4 Å². The summed E-state index contributed by atoms with van der Waals surface area (Å²) in [5.74, 6) is -0.899. The molecule has 0 bridgehead atoms. The highest BCUT2D eigenvalue weighted by molar-refractivity contribution is 7.71. The molecule has 2 aliphatic heterocycles. The molecular weight excluding hydrogens is 424 g/mol. The topological polar surface area (TPSA) is 42.3 Å². The molecule has 1 amide bonds. The molecule has 4 aromatic rings. The minimum atomic E-state index is -0.677. The summed E-state index contributed by atoms with van der Waals surface area (Å²) in [6.07, 6.45) is 0. The molecule has 1 aromatic heterocycles. The molecule has 0 atom stereocenters. The third-order valence-corrected chi connectivity index (χ3v) is 8.25. The number of Topliss-reactive ketones (excluding diaryl/α,β-unsaturated/α-hetero) is 1. The zero-order valence-electron chi connectivity index (χ0n) is 17.2. The number of aryl methyl sites for hydroxylation is 1. The van der Waals surface area contributed by atoms with Crippen molar-refractivity contribution in [3.8, 4) is 16.8 Å². The van der Waals surface area contributed by atoms with Crippen LogP contribution in [0, 0.1) is 11.6 Å². The number of benzene rings is 3. The van der Waals surface area contributed by atoms with Crippen LogP contribution < -0.4 is 4.90 Å². The van der Waals surface area contributed by atoms with E-state index in [0.717, 1.165) is 38.0 Å². The highest BCUT2D eigenvalue weighted by atomic mass is 32.1. The first kappa shape index (κ1) is 18.7. The largest absolute Gasteiger partial charge is 0.300 e. The fraction of sp³-hybridized carbons (Fsp3) is 0.160. The van der Waals surface area contributed by atoms with E-state index < -0.39 is 17.2 Å². The number of ketones is 1. The lowest BCUT2D eigenvalue weighted by molar-refractivity contribution is -0.115. The third-order valence-electron chi connectivity index (χ3n) is 6.30. The van der Waals surface area contributed by atoms with Gasteiger partial charge >= 0.3 is 0 Å². The van der Waals surface area contributed by atoms with E-state index in [4.69, 9.17) is 12.2 Å². The number of carbonyl (C=O) groups excluding carboxylic acids is 2. The Morgan fingerprint density at radius 2 is 1.68 bits per heavy atom. The molecule has 0 spiro atoms. The second kappa shape index (κ2) is 5.99. The number of hydrogen-bond acceptors (Lipinski definition) is 4. The van der Waals surface area contributed by atoms with Crippen LogP contribution in [0.3, 0.4) is 0 Å². The van der Waals surface area contributed by atoms with Crippen LogP contribution >= 0.6 is 23.8 Å². The highest BCUT2D eigenvalue weighted by Gasteiger charge is 2.51. The van der Waals surface area contributed by atoms with Gasteiger partial charge in [0.1, 0.15) is 4.64 Å². The van der Waals surface area contributed by atoms with Crippen molar-refractivity contribution in [3.05, 3.63) is 75.2 Å². The van der Waals surface area contributed by atoms with Crippen molar-refractivity contribution in [3.63, 3.8) is 0 Å². The lowest BCUT2D eigenvalue weighted by Crippen LogP contribution is -2.46. The smallest absolute Gasteiger partial charge is 0.294 e. The molecule has 2 aliphatic rings. The van der Waals surface area contributed by atoms with Crippen LogP contribution in [0.1, 0.15) is 34.6 Å². The Labute approximate surface area is 188 Å². The van der Waals surface area contributed by atoms with Crippen molar-refractivity contribution in [2.75, 3.05) is 4.90 Å². The van der Waals surface area contributed by atoms with Crippen LogP contribution in [0.15, 0.2) is 54.6 Å². The molecule has 0 saturated heterocycles. The molecule has 3 aromatic carbocycles. The van der Waals surface area contributed by atoms with Crippen LogP contribution in [0.2, 0.25) is 0 Å². The number of rotatable bonds is 1. The maximum absolute atomic E-state index is 13.0. The Kier molecular flexibility index (Phi) is 3.61. The van der Waals surface area contributed by atoms with Crippen molar-refractivity contribution in [2.24, 2.45) is 0 Å². The average molecular weight is 443 g/mol. The molecule has 0 N–H and O–H groups in total. The van der Waals surface area contributed by atoms with Gasteiger partial charge in [0, 0.05) is 16.5 Å². The van der Waals surface area contributed by atoms with Crippen molar-refractivity contribution in [2.45, 2.75) is 26.3 Å². The summed E-state index contributed by atoms with van der Waals surface area (Å²) < 4.78 is 2.80. The average Bonchev–Trinajstić information content (AvgIpc) is 3.23. The summed E-state index contributed by atoms with van der Waals surface area (Å²) in [5.41, 5.74) is 4.31. The molecule has 6 heteroatoms. The van der Waals surface area contributed by atoms with Gasteiger partial charge in [0.15, 0.2) is 0 Å². The monoisotopic (exact) mass is 442 g/mol. The number of hydrogen-bond donors (Lipinski definition) is 0. The van der Waals surface area contributed by atoms with E-state index in [0.29, 0.717) is 15.9 Å². The Morgan fingerprint density at radius 3 is 2.48 bits per heavy atom. The van der Waals surface area contributed by atoms with Gasteiger partial charge in [0.2, 0.25) is 0 Å². The molecule has 4 nitrogen and oxygen atoms in total. The molecular formula is C25H18N2O2S2.